The van der Waals surface area contributed by atoms with Gasteiger partial charge in [-0.25, -0.2) is 0 Å². The van der Waals surface area contributed by atoms with Crippen molar-refractivity contribution in [3.8, 4) is 0 Å². The van der Waals surface area contributed by atoms with E-state index < -0.39 is 0 Å². The van der Waals surface area contributed by atoms with Crippen molar-refractivity contribution in [2.24, 2.45) is 0 Å². The summed E-state index contributed by atoms with van der Waals surface area (Å²) in [5, 5.41) is 11.0. The van der Waals surface area contributed by atoms with Crippen LogP contribution in [-0.2, 0) is 13.1 Å². The van der Waals surface area contributed by atoms with Gasteiger partial charge in [-0.1, -0.05) is 35.9 Å². The van der Waals surface area contributed by atoms with E-state index in [9.17, 15) is 10.1 Å². The zero-order valence-corrected chi connectivity index (χ0v) is 13.6. The van der Waals surface area contributed by atoms with Gasteiger partial charge in [-0.3, -0.25) is 15.0 Å². The van der Waals surface area contributed by atoms with E-state index in [1.54, 1.807) is 12.1 Å². The first-order valence-corrected chi connectivity index (χ1v) is 7.42. The monoisotopic (exact) mass is 348 g/mol. The SMILES string of the molecule is Cc1cccc(CN(C)Cc2ccc(Br)c([N+](=O)[O-])c2)c1. The van der Waals surface area contributed by atoms with Gasteiger partial charge in [0.05, 0.1) is 9.40 Å². The van der Waals surface area contributed by atoms with Crippen molar-refractivity contribution < 1.29 is 4.92 Å². The smallest absolute Gasteiger partial charge is 0.283 e. The summed E-state index contributed by atoms with van der Waals surface area (Å²) in [6.45, 7) is 3.55. The van der Waals surface area contributed by atoms with Gasteiger partial charge in [-0.05, 0) is 47.1 Å². The molecule has 2 aromatic carbocycles. The van der Waals surface area contributed by atoms with Gasteiger partial charge in [0.2, 0.25) is 0 Å². The van der Waals surface area contributed by atoms with Crippen LogP contribution in [0.15, 0.2) is 46.9 Å². The third kappa shape index (κ3) is 4.37. The average Bonchev–Trinajstić information content (AvgIpc) is 2.40. The van der Waals surface area contributed by atoms with Crippen LogP contribution in [0.4, 0.5) is 5.69 Å². The van der Waals surface area contributed by atoms with Crippen LogP contribution in [0, 0.1) is 17.0 Å². The largest absolute Gasteiger partial charge is 0.298 e. The molecule has 0 atom stereocenters. The standard InChI is InChI=1S/C16H17BrN2O2/c1-12-4-3-5-13(8-12)10-18(2)11-14-6-7-15(17)16(9-14)19(20)21/h3-9H,10-11H2,1-2H3. The third-order valence-corrected chi connectivity index (χ3v) is 3.87. The summed E-state index contributed by atoms with van der Waals surface area (Å²) in [5.74, 6) is 0. The molecule has 0 bridgehead atoms. The van der Waals surface area contributed by atoms with Crippen LogP contribution >= 0.6 is 15.9 Å². The zero-order chi connectivity index (χ0) is 15.4. The topological polar surface area (TPSA) is 46.4 Å². The molecule has 0 aliphatic rings. The second kappa shape index (κ2) is 6.83. The van der Waals surface area contributed by atoms with Crippen LogP contribution in [0.2, 0.25) is 0 Å². The molecule has 0 aromatic heterocycles. The molecule has 0 aliphatic heterocycles. The third-order valence-electron chi connectivity index (χ3n) is 3.19. The number of rotatable bonds is 5. The lowest BCUT2D eigenvalue weighted by Crippen LogP contribution is -2.17. The Morgan fingerprint density at radius 3 is 2.43 bits per heavy atom. The maximum absolute atomic E-state index is 11.0. The van der Waals surface area contributed by atoms with E-state index >= 15 is 0 Å². The highest BCUT2D eigenvalue weighted by atomic mass is 79.9. The number of hydrogen-bond acceptors (Lipinski definition) is 3. The van der Waals surface area contributed by atoms with Gasteiger partial charge in [0.1, 0.15) is 0 Å². The maximum atomic E-state index is 11.0. The molecule has 0 saturated heterocycles. The minimum absolute atomic E-state index is 0.108. The quantitative estimate of drug-likeness (QED) is 0.597. The molecule has 2 aromatic rings. The summed E-state index contributed by atoms with van der Waals surface area (Å²) in [7, 11) is 2.01. The van der Waals surface area contributed by atoms with Gasteiger partial charge in [-0.15, -0.1) is 0 Å². The highest BCUT2D eigenvalue weighted by molar-refractivity contribution is 9.10. The predicted molar refractivity (Wildman–Crippen MR) is 87.1 cm³/mol. The Bertz CT molecular complexity index is 658. The summed E-state index contributed by atoms with van der Waals surface area (Å²) in [6, 6.07) is 13.6. The molecule has 4 nitrogen and oxygen atoms in total. The van der Waals surface area contributed by atoms with Crippen molar-refractivity contribution in [3.63, 3.8) is 0 Å². The maximum Gasteiger partial charge on any atom is 0.283 e. The predicted octanol–water partition coefficient (Wildman–Crippen LogP) is 4.30. The first kappa shape index (κ1) is 15.7. The summed E-state index contributed by atoms with van der Waals surface area (Å²) in [5.41, 5.74) is 3.51. The highest BCUT2D eigenvalue weighted by Crippen LogP contribution is 2.26. The van der Waals surface area contributed by atoms with Crippen LogP contribution in [-0.4, -0.2) is 16.9 Å². The van der Waals surface area contributed by atoms with E-state index in [1.807, 2.05) is 19.2 Å². The lowest BCUT2D eigenvalue weighted by atomic mass is 10.1. The molecular formula is C16H17BrN2O2. The molecule has 2 rings (SSSR count). The molecule has 0 saturated carbocycles. The molecule has 0 heterocycles. The Morgan fingerprint density at radius 2 is 1.81 bits per heavy atom. The number of aryl methyl sites for hydroxylation is 1. The average molecular weight is 349 g/mol. The Labute approximate surface area is 132 Å². The number of benzene rings is 2. The van der Waals surface area contributed by atoms with Crippen molar-refractivity contribution in [2.75, 3.05) is 7.05 Å². The van der Waals surface area contributed by atoms with Crippen LogP contribution in [0.1, 0.15) is 16.7 Å². The van der Waals surface area contributed by atoms with E-state index in [0.29, 0.717) is 11.0 Å². The van der Waals surface area contributed by atoms with E-state index in [4.69, 9.17) is 0 Å². The van der Waals surface area contributed by atoms with Crippen LogP contribution < -0.4 is 0 Å². The van der Waals surface area contributed by atoms with Crippen molar-refractivity contribution in [3.05, 3.63) is 73.7 Å². The molecule has 0 spiro atoms. The summed E-state index contributed by atoms with van der Waals surface area (Å²) >= 11 is 3.20. The Hall–Kier alpha value is -1.72. The second-order valence-corrected chi connectivity index (χ2v) is 6.06. The number of nitrogens with zero attached hydrogens (tertiary/aromatic N) is 2. The minimum Gasteiger partial charge on any atom is -0.298 e. The van der Waals surface area contributed by atoms with Crippen LogP contribution in [0.3, 0.4) is 0 Å². The Kier molecular flexibility index (Phi) is 5.09. The molecular weight excluding hydrogens is 332 g/mol. The molecule has 0 N–H and O–H groups in total. The minimum atomic E-state index is -0.367. The zero-order valence-electron chi connectivity index (χ0n) is 12.0. The fourth-order valence-electron chi connectivity index (χ4n) is 2.29. The van der Waals surface area contributed by atoms with Crippen molar-refractivity contribution in [2.45, 2.75) is 20.0 Å². The van der Waals surface area contributed by atoms with E-state index in [0.717, 1.165) is 12.1 Å². The molecule has 0 unspecified atom stereocenters. The number of halogens is 1. The van der Waals surface area contributed by atoms with Crippen molar-refractivity contribution in [1.29, 1.82) is 0 Å². The molecule has 0 fully saturated rings. The first-order chi connectivity index (χ1) is 9.95. The van der Waals surface area contributed by atoms with Crippen molar-refractivity contribution >= 4 is 21.6 Å². The van der Waals surface area contributed by atoms with E-state index in [2.05, 4.69) is 46.0 Å². The lowest BCUT2D eigenvalue weighted by Gasteiger charge is -2.17. The van der Waals surface area contributed by atoms with Crippen LogP contribution in [0.25, 0.3) is 0 Å². The number of hydrogen-bond donors (Lipinski definition) is 0. The fraction of sp³-hybridized carbons (Fsp3) is 0.250. The Morgan fingerprint density at radius 1 is 1.14 bits per heavy atom. The molecule has 21 heavy (non-hydrogen) atoms. The summed E-state index contributed by atoms with van der Waals surface area (Å²) < 4.78 is 0.512. The molecule has 0 aliphatic carbocycles. The first-order valence-electron chi connectivity index (χ1n) is 6.62. The molecule has 0 radical (unpaired) electrons. The summed E-state index contributed by atoms with van der Waals surface area (Å²) in [4.78, 5) is 12.7. The number of nitro benzene ring substituents is 1. The van der Waals surface area contributed by atoms with Crippen molar-refractivity contribution in [1.82, 2.24) is 4.90 Å². The van der Waals surface area contributed by atoms with E-state index in [1.165, 1.54) is 11.1 Å². The van der Waals surface area contributed by atoms with Gasteiger partial charge >= 0.3 is 0 Å². The molecule has 0 amide bonds. The van der Waals surface area contributed by atoms with Gasteiger partial charge < -0.3 is 0 Å². The normalized spacial score (nSPS) is 10.9. The van der Waals surface area contributed by atoms with Crippen LogP contribution in [0.5, 0.6) is 0 Å². The lowest BCUT2D eigenvalue weighted by molar-refractivity contribution is -0.385. The Balaban J connectivity index is 2.07. The number of nitro groups is 1. The van der Waals surface area contributed by atoms with Gasteiger partial charge in [0.15, 0.2) is 0 Å². The second-order valence-electron chi connectivity index (χ2n) is 5.20. The highest BCUT2D eigenvalue weighted by Gasteiger charge is 2.13. The van der Waals surface area contributed by atoms with Gasteiger partial charge in [-0.2, -0.15) is 0 Å². The molecule has 110 valence electrons. The fourth-order valence-corrected chi connectivity index (χ4v) is 2.68. The van der Waals surface area contributed by atoms with Gasteiger partial charge in [0.25, 0.3) is 5.69 Å². The molecule has 5 heteroatoms. The van der Waals surface area contributed by atoms with E-state index in [-0.39, 0.29) is 10.6 Å². The summed E-state index contributed by atoms with van der Waals surface area (Å²) in [6.07, 6.45) is 0. The van der Waals surface area contributed by atoms with Gasteiger partial charge in [0, 0.05) is 19.2 Å².